The van der Waals surface area contributed by atoms with Crippen LogP contribution in [0.15, 0.2) is 91.0 Å². The van der Waals surface area contributed by atoms with Gasteiger partial charge in [-0.05, 0) is 36.4 Å². The first-order chi connectivity index (χ1) is 14.4. The van der Waals surface area contributed by atoms with Gasteiger partial charge in [0.15, 0.2) is 0 Å². The summed E-state index contributed by atoms with van der Waals surface area (Å²) in [5.41, 5.74) is 0. The number of benzene rings is 3. The third kappa shape index (κ3) is 14.6. The van der Waals surface area contributed by atoms with E-state index in [4.69, 9.17) is 0 Å². The molecule has 0 aliphatic carbocycles. The Kier molecular flexibility index (Phi) is 13.8. The van der Waals surface area contributed by atoms with Crippen molar-refractivity contribution in [1.82, 2.24) is 0 Å². The Morgan fingerprint density at radius 3 is 0.806 bits per heavy atom. The summed E-state index contributed by atoms with van der Waals surface area (Å²) < 4.78 is 12.7. The number of carbonyl (C=O) groups is 3. The summed E-state index contributed by atoms with van der Waals surface area (Å²) in [5.74, 6) is 0.840. The molecule has 3 rings (SSSR count). The molecule has 156 valence electrons. The summed E-state index contributed by atoms with van der Waals surface area (Å²) in [5, 5.41) is 29.5. The minimum atomic E-state index is -1.54. The van der Waals surface area contributed by atoms with Crippen LogP contribution in [0.25, 0.3) is 0 Å². The Labute approximate surface area is 188 Å². The van der Waals surface area contributed by atoms with Gasteiger partial charge in [-0.25, -0.2) is 0 Å². The molecule has 0 aliphatic heterocycles. The first kappa shape index (κ1) is 27.0. The number of carbonyl (C=O) groups excluding carboxylic acids is 3. The fourth-order valence-electron chi connectivity index (χ4n) is 1.75. The van der Waals surface area contributed by atoms with Crippen LogP contribution in [-0.2, 0) is 0 Å². The van der Waals surface area contributed by atoms with Crippen molar-refractivity contribution in [3.05, 3.63) is 91.0 Å². The van der Waals surface area contributed by atoms with E-state index in [0.29, 0.717) is 0 Å². The fourth-order valence-corrected chi connectivity index (χ4v) is 1.75. The van der Waals surface area contributed by atoms with Crippen LogP contribution in [0.1, 0.15) is 0 Å². The van der Waals surface area contributed by atoms with E-state index in [1.54, 1.807) is 54.6 Å². The molecule has 9 nitrogen and oxygen atoms in total. The van der Waals surface area contributed by atoms with Gasteiger partial charge in [0.2, 0.25) is 0 Å². The molecule has 0 fully saturated rings. The van der Waals surface area contributed by atoms with E-state index in [9.17, 15) is 29.7 Å². The van der Waals surface area contributed by atoms with E-state index in [1.165, 1.54) is 36.4 Å². The average molecular weight is 438 g/mol. The molecule has 0 aromatic heterocycles. The predicted octanol–water partition coefficient (Wildman–Crippen LogP) is 0.845. The van der Waals surface area contributed by atoms with Gasteiger partial charge in [-0.3, -0.25) is 0 Å². The SMILES string of the molecule is O=C([O-])Oc1ccccc1.O=C([O-])Oc1ccccc1.O=C([O-])Oc1ccccc1.[Al+3]. The van der Waals surface area contributed by atoms with Gasteiger partial charge in [0.25, 0.3) is 18.5 Å². The number of ether oxygens (including phenoxy) is 3. The van der Waals surface area contributed by atoms with Crippen molar-refractivity contribution in [2.24, 2.45) is 0 Å². The second-order valence-electron chi connectivity index (χ2n) is 5.00. The van der Waals surface area contributed by atoms with Crippen molar-refractivity contribution in [2.75, 3.05) is 0 Å². The summed E-state index contributed by atoms with van der Waals surface area (Å²) in [6.07, 6.45) is -4.61. The van der Waals surface area contributed by atoms with Crippen LogP contribution in [0, 0.1) is 0 Å². The van der Waals surface area contributed by atoms with Crippen LogP contribution in [0.5, 0.6) is 17.2 Å². The summed E-state index contributed by atoms with van der Waals surface area (Å²) in [7, 11) is 0. The van der Waals surface area contributed by atoms with Crippen molar-refractivity contribution in [2.45, 2.75) is 0 Å². The molecule has 0 heterocycles. The number of carboxylic acid groups (broad SMARTS) is 3. The topological polar surface area (TPSA) is 148 Å². The van der Waals surface area contributed by atoms with Gasteiger partial charge < -0.3 is 43.9 Å². The first-order valence-electron chi connectivity index (χ1n) is 8.18. The molecule has 0 saturated heterocycles. The standard InChI is InChI=1S/3C7H6O3.Al/c3*8-7(9)10-6-4-2-1-3-5-6;/h3*1-5H,(H,8,9);/q;;;+3/p-3. The van der Waals surface area contributed by atoms with Crippen LogP contribution in [0.2, 0.25) is 0 Å². The van der Waals surface area contributed by atoms with Gasteiger partial charge in [0.1, 0.15) is 0 Å². The van der Waals surface area contributed by atoms with E-state index in [0.717, 1.165) is 0 Å². The Hall–Kier alpha value is -4.00. The molecule has 0 bridgehead atoms. The van der Waals surface area contributed by atoms with Gasteiger partial charge >= 0.3 is 17.4 Å². The van der Waals surface area contributed by atoms with Crippen LogP contribution in [-0.4, -0.2) is 35.8 Å². The van der Waals surface area contributed by atoms with Crippen LogP contribution in [0.3, 0.4) is 0 Å². The van der Waals surface area contributed by atoms with E-state index in [2.05, 4.69) is 14.2 Å². The Morgan fingerprint density at radius 2 is 0.645 bits per heavy atom. The molecule has 10 heteroatoms. The number of hydrogen-bond donors (Lipinski definition) is 0. The van der Waals surface area contributed by atoms with Crippen molar-refractivity contribution in [3.63, 3.8) is 0 Å². The minimum absolute atomic E-state index is 0. The third-order valence-corrected chi connectivity index (χ3v) is 2.83. The second-order valence-corrected chi connectivity index (χ2v) is 5.00. The van der Waals surface area contributed by atoms with Gasteiger partial charge in [-0.15, -0.1) is 0 Å². The van der Waals surface area contributed by atoms with E-state index >= 15 is 0 Å². The van der Waals surface area contributed by atoms with Gasteiger partial charge in [-0.2, -0.15) is 0 Å². The van der Waals surface area contributed by atoms with Crippen LogP contribution >= 0.6 is 0 Å². The average Bonchev–Trinajstić information content (AvgIpc) is 2.70. The maximum atomic E-state index is 9.84. The van der Waals surface area contributed by atoms with Gasteiger partial charge in [-0.1, -0.05) is 54.6 Å². The smallest absolute Gasteiger partial charge is 0.514 e. The van der Waals surface area contributed by atoms with E-state index in [1.807, 2.05) is 0 Å². The molecule has 31 heavy (non-hydrogen) atoms. The van der Waals surface area contributed by atoms with Crippen molar-refractivity contribution in [1.29, 1.82) is 0 Å². The van der Waals surface area contributed by atoms with E-state index in [-0.39, 0.29) is 34.6 Å². The molecule has 3 aromatic carbocycles. The van der Waals surface area contributed by atoms with E-state index < -0.39 is 18.5 Å². The second kappa shape index (κ2) is 15.9. The predicted molar refractivity (Wildman–Crippen MR) is 103 cm³/mol. The number of para-hydroxylation sites is 3. The maximum absolute atomic E-state index is 9.84. The molecular weight excluding hydrogens is 423 g/mol. The summed E-state index contributed by atoms with van der Waals surface area (Å²) in [6.45, 7) is 0. The molecule has 0 radical (unpaired) electrons. The summed E-state index contributed by atoms with van der Waals surface area (Å²) >= 11 is 0. The molecule has 0 saturated carbocycles. The molecule has 0 aliphatic rings. The van der Waals surface area contributed by atoms with Crippen LogP contribution in [0.4, 0.5) is 14.4 Å². The Balaban J connectivity index is 0.000000429. The van der Waals surface area contributed by atoms with Crippen LogP contribution < -0.4 is 29.5 Å². The third-order valence-electron chi connectivity index (χ3n) is 2.83. The zero-order chi connectivity index (χ0) is 22.2. The zero-order valence-corrected chi connectivity index (χ0v) is 17.1. The monoisotopic (exact) mass is 438 g/mol. The molecular formula is C21H15AlO9. The Morgan fingerprint density at radius 1 is 0.452 bits per heavy atom. The van der Waals surface area contributed by atoms with Crippen molar-refractivity contribution in [3.8, 4) is 17.2 Å². The van der Waals surface area contributed by atoms with Gasteiger partial charge in [0.05, 0.1) is 17.2 Å². The molecule has 0 spiro atoms. The van der Waals surface area contributed by atoms with Crippen molar-refractivity contribution < 1.29 is 43.9 Å². The molecule has 0 atom stereocenters. The summed E-state index contributed by atoms with van der Waals surface area (Å²) in [6, 6.07) is 24.6. The van der Waals surface area contributed by atoms with Crippen molar-refractivity contribution >= 4 is 35.8 Å². The molecule has 0 N–H and O–H groups in total. The quantitative estimate of drug-likeness (QED) is 0.329. The molecule has 0 unspecified atom stereocenters. The first-order valence-corrected chi connectivity index (χ1v) is 8.18. The maximum Gasteiger partial charge on any atom is 3.00 e. The summed E-state index contributed by atoms with van der Waals surface area (Å²) in [4.78, 5) is 29.5. The van der Waals surface area contributed by atoms with Gasteiger partial charge in [0, 0.05) is 0 Å². The normalized spacial score (nSPS) is 8.52. The molecule has 3 aromatic rings. The molecule has 0 amide bonds. The zero-order valence-electron chi connectivity index (χ0n) is 15.9. The number of rotatable bonds is 3. The minimum Gasteiger partial charge on any atom is -0.514 e. The largest absolute Gasteiger partial charge is 3.00 e. The number of hydrogen-bond acceptors (Lipinski definition) is 9. The fraction of sp³-hybridized carbons (Fsp3) is 0. The Bertz CT molecular complexity index is 781.